The second-order valence-electron chi connectivity index (χ2n) is 10.6. The number of carbonyl (C=O) groups excluding carboxylic acids is 1. The molecular formula is C25H37N3O5. The van der Waals surface area contributed by atoms with Crippen molar-refractivity contribution in [1.82, 2.24) is 9.88 Å². The summed E-state index contributed by atoms with van der Waals surface area (Å²) in [4.78, 5) is 12.3. The highest BCUT2D eigenvalue weighted by Gasteiger charge is 2.31. The van der Waals surface area contributed by atoms with Gasteiger partial charge in [0.1, 0.15) is 18.1 Å². The third-order valence-corrected chi connectivity index (χ3v) is 6.82. The first kappa shape index (κ1) is 23.9. The predicted octanol–water partition coefficient (Wildman–Crippen LogP) is 3.47. The fourth-order valence-corrected chi connectivity index (χ4v) is 5.00. The van der Waals surface area contributed by atoms with Crippen LogP contribution in [-0.4, -0.2) is 50.5 Å². The third-order valence-electron chi connectivity index (χ3n) is 6.82. The summed E-state index contributed by atoms with van der Waals surface area (Å²) in [6.07, 6.45) is 5.01. The van der Waals surface area contributed by atoms with Crippen molar-refractivity contribution in [3.05, 3.63) is 24.4 Å². The summed E-state index contributed by atoms with van der Waals surface area (Å²) >= 11 is 0. The summed E-state index contributed by atoms with van der Waals surface area (Å²) in [5.74, 6) is 0.563. The van der Waals surface area contributed by atoms with Gasteiger partial charge in [0.25, 0.3) is 0 Å². The molecule has 1 saturated heterocycles. The van der Waals surface area contributed by atoms with E-state index in [4.69, 9.17) is 4.74 Å². The molecule has 8 nitrogen and oxygen atoms in total. The number of aliphatic hydroxyl groups excluding tert-OH is 2. The molecule has 33 heavy (non-hydrogen) atoms. The number of hydrogen-bond donors (Lipinski definition) is 5. The van der Waals surface area contributed by atoms with Crippen LogP contribution in [0.25, 0.3) is 10.8 Å². The summed E-state index contributed by atoms with van der Waals surface area (Å²) in [6.45, 7) is 6.56. The van der Waals surface area contributed by atoms with E-state index in [-0.39, 0.29) is 23.8 Å². The smallest absolute Gasteiger partial charge is 0.309 e. The van der Waals surface area contributed by atoms with Crippen molar-refractivity contribution in [2.75, 3.05) is 11.9 Å². The molecule has 1 aromatic heterocycles. The lowest BCUT2D eigenvalue weighted by molar-refractivity contribution is -0.161. The van der Waals surface area contributed by atoms with Crippen LogP contribution in [0.1, 0.15) is 65.3 Å². The molecule has 5 N–H and O–H groups in total. The molecule has 0 amide bonds. The first-order valence-corrected chi connectivity index (χ1v) is 12.0. The van der Waals surface area contributed by atoms with Crippen molar-refractivity contribution in [1.29, 1.82) is 0 Å². The number of nitrogens with one attached hydrogen (secondary N) is 2. The van der Waals surface area contributed by atoms with Gasteiger partial charge >= 0.3 is 5.97 Å². The zero-order valence-corrected chi connectivity index (χ0v) is 19.8. The summed E-state index contributed by atoms with van der Waals surface area (Å²) in [5, 5.41) is 38.5. The number of fused-ring (bicyclic) bond motifs is 1. The van der Waals surface area contributed by atoms with E-state index in [0.29, 0.717) is 18.8 Å². The van der Waals surface area contributed by atoms with Gasteiger partial charge in [0.15, 0.2) is 5.88 Å². The number of nitrogens with zero attached hydrogens (tertiary/aromatic N) is 1. The van der Waals surface area contributed by atoms with E-state index in [2.05, 4.69) is 10.6 Å². The highest BCUT2D eigenvalue weighted by atomic mass is 16.6. The molecule has 0 bridgehead atoms. The van der Waals surface area contributed by atoms with Gasteiger partial charge < -0.3 is 29.9 Å². The first-order valence-electron chi connectivity index (χ1n) is 12.0. The Labute approximate surface area is 194 Å². The number of aromatic hydroxyl groups is 1. The van der Waals surface area contributed by atoms with Crippen molar-refractivity contribution in [3.8, 4) is 5.88 Å². The van der Waals surface area contributed by atoms with Crippen LogP contribution in [0.5, 0.6) is 5.88 Å². The van der Waals surface area contributed by atoms with Gasteiger partial charge in [-0.1, -0.05) is 0 Å². The molecule has 3 unspecified atom stereocenters. The molecule has 2 heterocycles. The van der Waals surface area contributed by atoms with Gasteiger partial charge in [-0.3, -0.25) is 10.1 Å². The minimum atomic E-state index is -0.921. The Morgan fingerprint density at radius 2 is 1.88 bits per heavy atom. The van der Waals surface area contributed by atoms with Gasteiger partial charge in [-0.2, -0.15) is 0 Å². The number of anilines is 1. The number of aliphatic hydroxyl groups is 2. The van der Waals surface area contributed by atoms with Crippen LogP contribution in [0.2, 0.25) is 0 Å². The molecule has 3 atom stereocenters. The van der Waals surface area contributed by atoms with E-state index in [9.17, 15) is 20.1 Å². The standard InChI is InChI=1S/C25H37N3O5/c1-25(2,3)33-24(32)16-6-4-15(5-7-16)13-26-18-8-9-19-17(12-18)14-28(23(19)31)20-10-11-21(29)27-22(20)30/h8-9,12,14-16,20-22,26-27,29-31H,4-7,10-11,13H2,1-3H3. The molecule has 2 fully saturated rings. The van der Waals surface area contributed by atoms with Crippen molar-refractivity contribution in [2.45, 2.75) is 83.4 Å². The number of esters is 1. The molecule has 1 aromatic carbocycles. The fraction of sp³-hybridized carbons (Fsp3) is 0.640. The van der Waals surface area contributed by atoms with E-state index in [1.807, 2.05) is 45.2 Å². The van der Waals surface area contributed by atoms with Crippen molar-refractivity contribution in [2.24, 2.45) is 11.8 Å². The molecule has 4 rings (SSSR count). The van der Waals surface area contributed by atoms with Gasteiger partial charge in [0.2, 0.25) is 0 Å². The number of aromatic nitrogens is 1. The topological polar surface area (TPSA) is 116 Å². The first-order chi connectivity index (χ1) is 15.6. The zero-order chi connectivity index (χ0) is 23.8. The van der Waals surface area contributed by atoms with Gasteiger partial charge in [0, 0.05) is 29.2 Å². The number of carbonyl (C=O) groups is 1. The molecule has 182 valence electrons. The minimum Gasteiger partial charge on any atom is -0.494 e. The number of rotatable bonds is 5. The van der Waals surface area contributed by atoms with Gasteiger partial charge in [-0.25, -0.2) is 0 Å². The molecule has 1 aliphatic carbocycles. The molecule has 0 radical (unpaired) electrons. The molecule has 2 aliphatic rings. The minimum absolute atomic E-state index is 0.00491. The second kappa shape index (κ2) is 9.52. The van der Waals surface area contributed by atoms with Crippen LogP contribution in [0.3, 0.4) is 0 Å². The lowest BCUT2D eigenvalue weighted by atomic mass is 9.82. The molecule has 0 spiro atoms. The Morgan fingerprint density at radius 3 is 2.55 bits per heavy atom. The summed E-state index contributed by atoms with van der Waals surface area (Å²) in [7, 11) is 0. The fourth-order valence-electron chi connectivity index (χ4n) is 5.00. The summed E-state index contributed by atoms with van der Waals surface area (Å²) < 4.78 is 7.23. The zero-order valence-electron chi connectivity index (χ0n) is 19.8. The highest BCUT2D eigenvalue weighted by Crippen LogP contribution is 2.36. The van der Waals surface area contributed by atoms with E-state index in [0.717, 1.165) is 48.7 Å². The predicted molar refractivity (Wildman–Crippen MR) is 127 cm³/mol. The normalized spacial score (nSPS) is 28.6. The van der Waals surface area contributed by atoms with Crippen LogP contribution in [0.4, 0.5) is 5.69 Å². The maximum atomic E-state index is 12.3. The van der Waals surface area contributed by atoms with Gasteiger partial charge in [-0.15, -0.1) is 0 Å². The third kappa shape index (κ3) is 5.62. The monoisotopic (exact) mass is 459 g/mol. The number of ether oxygens (including phenoxy) is 1. The Morgan fingerprint density at radius 1 is 1.15 bits per heavy atom. The van der Waals surface area contributed by atoms with Crippen LogP contribution >= 0.6 is 0 Å². The van der Waals surface area contributed by atoms with E-state index in [1.165, 1.54) is 0 Å². The average Bonchev–Trinajstić information content (AvgIpc) is 3.07. The molecule has 1 saturated carbocycles. The largest absolute Gasteiger partial charge is 0.494 e. The van der Waals surface area contributed by atoms with Crippen LogP contribution in [-0.2, 0) is 9.53 Å². The average molecular weight is 460 g/mol. The highest BCUT2D eigenvalue weighted by molar-refractivity contribution is 5.90. The van der Waals surface area contributed by atoms with E-state index < -0.39 is 18.1 Å². The number of piperidine rings is 1. The Balaban J connectivity index is 1.34. The van der Waals surface area contributed by atoms with Gasteiger partial charge in [-0.05, 0) is 83.4 Å². The van der Waals surface area contributed by atoms with Crippen LogP contribution in [0, 0.1) is 11.8 Å². The van der Waals surface area contributed by atoms with Crippen LogP contribution < -0.4 is 10.6 Å². The number of benzene rings is 1. The Bertz CT molecular complexity index is 974. The molecule has 2 aromatic rings. The van der Waals surface area contributed by atoms with Crippen molar-refractivity contribution in [3.63, 3.8) is 0 Å². The SMILES string of the molecule is CC(C)(C)OC(=O)C1CCC(CNc2ccc3c(O)n(C4CCC(O)NC4O)cc3c2)CC1. The van der Waals surface area contributed by atoms with Crippen molar-refractivity contribution < 1.29 is 24.9 Å². The lowest BCUT2D eigenvalue weighted by Crippen LogP contribution is -2.47. The molecular weight excluding hydrogens is 422 g/mol. The van der Waals surface area contributed by atoms with Crippen LogP contribution in [0.15, 0.2) is 24.4 Å². The molecule has 1 aliphatic heterocycles. The number of hydrogen-bond acceptors (Lipinski definition) is 7. The molecule has 8 heteroatoms. The Kier molecular flexibility index (Phi) is 6.88. The lowest BCUT2D eigenvalue weighted by Gasteiger charge is -2.33. The van der Waals surface area contributed by atoms with Gasteiger partial charge in [0.05, 0.1) is 12.0 Å². The quantitative estimate of drug-likeness (QED) is 0.435. The maximum Gasteiger partial charge on any atom is 0.309 e. The Hall–Kier alpha value is -2.29. The second-order valence-corrected chi connectivity index (χ2v) is 10.6. The van der Waals surface area contributed by atoms with E-state index in [1.54, 1.807) is 4.57 Å². The summed E-state index contributed by atoms with van der Waals surface area (Å²) in [5.41, 5.74) is 0.542. The summed E-state index contributed by atoms with van der Waals surface area (Å²) in [6, 6.07) is 5.52. The van der Waals surface area contributed by atoms with E-state index >= 15 is 0 Å². The van der Waals surface area contributed by atoms with Crippen molar-refractivity contribution >= 4 is 22.4 Å². The maximum absolute atomic E-state index is 12.3.